The molecule has 2 aromatic rings. The summed E-state index contributed by atoms with van der Waals surface area (Å²) in [6, 6.07) is 11.2. The maximum atomic E-state index is 13.6. The van der Waals surface area contributed by atoms with E-state index in [4.69, 9.17) is 4.74 Å². The zero-order chi connectivity index (χ0) is 23.2. The van der Waals surface area contributed by atoms with E-state index in [1.54, 1.807) is 18.4 Å². The predicted molar refractivity (Wildman–Crippen MR) is 132 cm³/mol. The SMILES string of the molecule is COCCN1C(=O)c2ccccc2[C@H](C(=O)NCCCN2CCC[C@@H](C)C2)[C@@H]1c1cccs1. The standard InChI is InChI=1S/C26H35N3O3S/c1-19-8-5-13-28(18-19)14-7-12-27-25(30)23-20-9-3-4-10-21(20)26(31)29(15-16-32-2)24(23)22-11-6-17-33-22/h3-4,6,9-11,17,19,23-24H,5,7-8,12-16,18H2,1-2H3,(H,27,30)/t19-,23+,24+/m1/s1. The molecule has 4 rings (SSSR count). The highest BCUT2D eigenvalue weighted by Gasteiger charge is 2.44. The number of ether oxygens (including phenoxy) is 1. The first kappa shape index (κ1) is 23.9. The Morgan fingerprint density at radius 2 is 2.06 bits per heavy atom. The van der Waals surface area contributed by atoms with Crippen LogP contribution >= 0.6 is 11.3 Å². The van der Waals surface area contributed by atoms with Crippen LogP contribution in [0.15, 0.2) is 41.8 Å². The molecule has 1 aromatic carbocycles. The van der Waals surface area contributed by atoms with Crippen molar-refractivity contribution in [1.82, 2.24) is 15.1 Å². The van der Waals surface area contributed by atoms with Gasteiger partial charge in [0.2, 0.25) is 5.91 Å². The third-order valence-electron chi connectivity index (χ3n) is 6.78. The van der Waals surface area contributed by atoms with Crippen LogP contribution in [-0.2, 0) is 9.53 Å². The summed E-state index contributed by atoms with van der Waals surface area (Å²) in [6.07, 6.45) is 3.51. The second-order valence-electron chi connectivity index (χ2n) is 9.21. The van der Waals surface area contributed by atoms with Crippen LogP contribution in [0.1, 0.15) is 58.9 Å². The molecular formula is C26H35N3O3S. The number of amides is 2. The number of benzene rings is 1. The number of carbonyl (C=O) groups is 2. The van der Waals surface area contributed by atoms with Crippen LogP contribution in [0.3, 0.4) is 0 Å². The molecule has 1 N–H and O–H groups in total. The first-order valence-electron chi connectivity index (χ1n) is 12.0. The molecule has 178 valence electrons. The Labute approximate surface area is 200 Å². The Kier molecular flexibility index (Phi) is 8.17. The minimum absolute atomic E-state index is 0.0113. The maximum Gasteiger partial charge on any atom is 0.254 e. The Morgan fingerprint density at radius 3 is 2.82 bits per heavy atom. The van der Waals surface area contributed by atoms with Gasteiger partial charge in [-0.3, -0.25) is 9.59 Å². The monoisotopic (exact) mass is 469 g/mol. The lowest BCUT2D eigenvalue weighted by molar-refractivity contribution is -0.124. The van der Waals surface area contributed by atoms with Crippen LogP contribution in [0, 0.1) is 5.92 Å². The summed E-state index contributed by atoms with van der Waals surface area (Å²) in [7, 11) is 1.63. The summed E-state index contributed by atoms with van der Waals surface area (Å²) in [4.78, 5) is 32.4. The number of hydrogen-bond acceptors (Lipinski definition) is 5. The number of hydrogen-bond donors (Lipinski definition) is 1. The molecule has 1 saturated heterocycles. The van der Waals surface area contributed by atoms with Crippen LogP contribution in [-0.4, -0.2) is 68.1 Å². The minimum Gasteiger partial charge on any atom is -0.383 e. The van der Waals surface area contributed by atoms with Gasteiger partial charge in [0.1, 0.15) is 0 Å². The zero-order valence-corrected chi connectivity index (χ0v) is 20.5. The van der Waals surface area contributed by atoms with E-state index in [0.717, 1.165) is 42.4 Å². The lowest BCUT2D eigenvalue weighted by atomic mass is 9.81. The largest absolute Gasteiger partial charge is 0.383 e. The first-order valence-corrected chi connectivity index (χ1v) is 12.9. The number of rotatable bonds is 9. The Morgan fingerprint density at radius 1 is 1.21 bits per heavy atom. The maximum absolute atomic E-state index is 13.6. The first-order chi connectivity index (χ1) is 16.1. The van der Waals surface area contributed by atoms with Crippen molar-refractivity contribution >= 4 is 23.2 Å². The second-order valence-corrected chi connectivity index (χ2v) is 10.2. The number of likely N-dealkylation sites (tertiary alicyclic amines) is 1. The highest BCUT2D eigenvalue weighted by molar-refractivity contribution is 7.10. The fourth-order valence-corrected chi connectivity index (χ4v) is 6.07. The number of nitrogens with zero attached hydrogens (tertiary/aromatic N) is 2. The average Bonchev–Trinajstić information content (AvgIpc) is 3.35. The molecule has 0 spiro atoms. The topological polar surface area (TPSA) is 61.9 Å². The van der Waals surface area contributed by atoms with Gasteiger partial charge in [0.15, 0.2) is 0 Å². The van der Waals surface area contributed by atoms with Crippen LogP contribution in [0.25, 0.3) is 0 Å². The molecule has 0 bridgehead atoms. The molecule has 0 aliphatic carbocycles. The van der Waals surface area contributed by atoms with Crippen molar-refractivity contribution in [2.75, 3.05) is 46.4 Å². The van der Waals surface area contributed by atoms with Gasteiger partial charge in [-0.25, -0.2) is 0 Å². The quantitative estimate of drug-likeness (QED) is 0.566. The van der Waals surface area contributed by atoms with Gasteiger partial charge in [0.25, 0.3) is 5.91 Å². The number of nitrogens with one attached hydrogen (secondary N) is 1. The van der Waals surface area contributed by atoms with E-state index < -0.39 is 5.92 Å². The van der Waals surface area contributed by atoms with Gasteiger partial charge in [0.05, 0.1) is 18.6 Å². The van der Waals surface area contributed by atoms with E-state index in [2.05, 4.69) is 17.1 Å². The third-order valence-corrected chi connectivity index (χ3v) is 7.73. The van der Waals surface area contributed by atoms with Gasteiger partial charge < -0.3 is 19.9 Å². The third kappa shape index (κ3) is 5.48. The van der Waals surface area contributed by atoms with E-state index in [9.17, 15) is 9.59 Å². The molecule has 0 saturated carbocycles. The summed E-state index contributed by atoms with van der Waals surface area (Å²) < 4.78 is 5.29. The summed E-state index contributed by atoms with van der Waals surface area (Å²) >= 11 is 1.59. The fraction of sp³-hybridized carbons (Fsp3) is 0.538. The van der Waals surface area contributed by atoms with Crippen molar-refractivity contribution < 1.29 is 14.3 Å². The second kappa shape index (κ2) is 11.3. The van der Waals surface area contributed by atoms with Crippen LogP contribution in [0.5, 0.6) is 0 Å². The summed E-state index contributed by atoms with van der Waals surface area (Å²) in [5.41, 5.74) is 1.43. The van der Waals surface area contributed by atoms with Crippen molar-refractivity contribution in [3.8, 4) is 0 Å². The molecule has 0 radical (unpaired) electrons. The number of thiophene rings is 1. The summed E-state index contributed by atoms with van der Waals surface area (Å²) in [6.45, 7) is 7.16. The van der Waals surface area contributed by atoms with Gasteiger partial charge in [0, 0.05) is 37.2 Å². The number of methoxy groups -OCH3 is 1. The molecule has 1 fully saturated rings. The van der Waals surface area contributed by atoms with Gasteiger partial charge in [-0.1, -0.05) is 31.2 Å². The Bertz CT molecular complexity index is 933. The molecule has 6 nitrogen and oxygen atoms in total. The smallest absolute Gasteiger partial charge is 0.254 e. The minimum atomic E-state index is -0.440. The molecule has 3 heterocycles. The molecule has 3 atom stereocenters. The molecule has 2 aliphatic heterocycles. The molecule has 1 aromatic heterocycles. The molecule has 2 aliphatic rings. The van der Waals surface area contributed by atoms with Gasteiger partial charge in [-0.2, -0.15) is 0 Å². The van der Waals surface area contributed by atoms with Crippen molar-refractivity contribution in [2.45, 2.75) is 38.1 Å². The zero-order valence-electron chi connectivity index (χ0n) is 19.7. The number of carbonyl (C=O) groups excluding carboxylic acids is 2. The van der Waals surface area contributed by atoms with Crippen LogP contribution < -0.4 is 5.32 Å². The summed E-state index contributed by atoms with van der Waals surface area (Å²) in [5, 5.41) is 5.20. The normalized spacial score (nSPS) is 23.4. The lowest BCUT2D eigenvalue weighted by Crippen LogP contribution is -2.48. The molecule has 7 heteroatoms. The van der Waals surface area contributed by atoms with E-state index in [1.807, 2.05) is 46.7 Å². The predicted octanol–water partition coefficient (Wildman–Crippen LogP) is 3.91. The lowest BCUT2D eigenvalue weighted by Gasteiger charge is -2.41. The highest BCUT2D eigenvalue weighted by Crippen LogP contribution is 2.44. The average molecular weight is 470 g/mol. The van der Waals surface area contributed by atoms with Gasteiger partial charge in [-0.15, -0.1) is 11.3 Å². The van der Waals surface area contributed by atoms with Crippen LogP contribution in [0.2, 0.25) is 0 Å². The Balaban J connectivity index is 1.52. The molecular weight excluding hydrogens is 434 g/mol. The van der Waals surface area contributed by atoms with E-state index >= 15 is 0 Å². The van der Waals surface area contributed by atoms with Crippen molar-refractivity contribution in [3.05, 3.63) is 57.8 Å². The van der Waals surface area contributed by atoms with Crippen molar-refractivity contribution in [3.63, 3.8) is 0 Å². The number of piperidine rings is 1. The summed E-state index contributed by atoms with van der Waals surface area (Å²) in [5.74, 6) is 0.269. The molecule has 0 unspecified atom stereocenters. The molecule has 33 heavy (non-hydrogen) atoms. The van der Waals surface area contributed by atoms with Crippen LogP contribution in [0.4, 0.5) is 0 Å². The van der Waals surface area contributed by atoms with Crippen molar-refractivity contribution in [2.24, 2.45) is 5.92 Å². The van der Waals surface area contributed by atoms with E-state index in [0.29, 0.717) is 25.3 Å². The number of fused-ring (bicyclic) bond motifs is 1. The van der Waals surface area contributed by atoms with Crippen molar-refractivity contribution in [1.29, 1.82) is 0 Å². The van der Waals surface area contributed by atoms with E-state index in [1.165, 1.54) is 12.8 Å². The van der Waals surface area contributed by atoms with Gasteiger partial charge >= 0.3 is 0 Å². The molecule has 2 amide bonds. The van der Waals surface area contributed by atoms with Gasteiger partial charge in [-0.05, 0) is 61.3 Å². The van der Waals surface area contributed by atoms with E-state index in [-0.39, 0.29) is 17.9 Å². The Hall–Kier alpha value is -2.22. The fourth-order valence-electron chi connectivity index (χ4n) is 5.20. The highest BCUT2D eigenvalue weighted by atomic mass is 32.1.